The molecule has 0 spiro atoms. The Morgan fingerprint density at radius 2 is 1.81 bits per heavy atom. The fraction of sp³-hybridized carbons (Fsp3) is 0.200. The van der Waals surface area contributed by atoms with E-state index in [2.05, 4.69) is 4.72 Å². The van der Waals surface area contributed by atoms with Crippen molar-refractivity contribution in [3.8, 4) is 5.75 Å². The van der Waals surface area contributed by atoms with E-state index in [1.54, 1.807) is 19.1 Å². The van der Waals surface area contributed by atoms with Crippen LogP contribution in [0.15, 0.2) is 47.4 Å². The molecule has 2 rings (SSSR count). The molecule has 0 aliphatic carbocycles. The molecule has 0 saturated heterocycles. The number of hydrogen-bond donors (Lipinski definition) is 1. The first-order valence-electron chi connectivity index (χ1n) is 6.44. The molecule has 0 radical (unpaired) electrons. The van der Waals surface area contributed by atoms with Crippen molar-refractivity contribution in [1.82, 2.24) is 0 Å². The van der Waals surface area contributed by atoms with E-state index in [1.807, 2.05) is 6.92 Å². The zero-order valence-corrected chi connectivity index (χ0v) is 12.6. The van der Waals surface area contributed by atoms with Gasteiger partial charge in [0.1, 0.15) is 11.6 Å². The van der Waals surface area contributed by atoms with Crippen LogP contribution in [0.3, 0.4) is 0 Å². The highest BCUT2D eigenvalue weighted by Gasteiger charge is 2.17. The van der Waals surface area contributed by atoms with Crippen molar-refractivity contribution in [3.63, 3.8) is 0 Å². The average Bonchev–Trinajstić information content (AvgIpc) is 2.42. The van der Waals surface area contributed by atoms with Crippen LogP contribution in [0.1, 0.15) is 12.5 Å². The van der Waals surface area contributed by atoms with Crippen molar-refractivity contribution >= 4 is 15.7 Å². The first kappa shape index (κ1) is 15.3. The van der Waals surface area contributed by atoms with Crippen LogP contribution in [0.5, 0.6) is 5.75 Å². The van der Waals surface area contributed by atoms with Crippen LogP contribution in [0, 0.1) is 12.7 Å². The molecule has 21 heavy (non-hydrogen) atoms. The summed E-state index contributed by atoms with van der Waals surface area (Å²) in [7, 11) is -3.78. The lowest BCUT2D eigenvalue weighted by molar-refractivity contribution is 0.341. The quantitative estimate of drug-likeness (QED) is 0.921. The normalized spacial score (nSPS) is 11.2. The topological polar surface area (TPSA) is 55.4 Å². The maximum absolute atomic E-state index is 13.3. The second-order valence-corrected chi connectivity index (χ2v) is 6.17. The smallest absolute Gasteiger partial charge is 0.262 e. The Bertz CT molecular complexity index is 727. The molecule has 112 valence electrons. The molecule has 0 aromatic heterocycles. The average molecular weight is 309 g/mol. The third-order valence-electron chi connectivity index (χ3n) is 2.82. The van der Waals surface area contributed by atoms with Crippen LogP contribution in [0.2, 0.25) is 0 Å². The molecule has 0 fully saturated rings. The molecule has 1 N–H and O–H groups in total. The van der Waals surface area contributed by atoms with Crippen molar-refractivity contribution < 1.29 is 17.5 Å². The van der Waals surface area contributed by atoms with Gasteiger partial charge in [-0.2, -0.15) is 0 Å². The van der Waals surface area contributed by atoms with Gasteiger partial charge in [-0.05, 0) is 38.1 Å². The Kier molecular flexibility index (Phi) is 4.47. The van der Waals surface area contributed by atoms with Crippen molar-refractivity contribution in [2.45, 2.75) is 18.7 Å². The van der Waals surface area contributed by atoms with Crippen molar-refractivity contribution in [3.05, 3.63) is 53.8 Å². The predicted octanol–water partition coefficient (Wildman–Crippen LogP) is 3.33. The number of nitrogens with one attached hydrogen (secondary N) is 1. The van der Waals surface area contributed by atoms with Gasteiger partial charge < -0.3 is 4.74 Å². The van der Waals surface area contributed by atoms with E-state index in [0.29, 0.717) is 6.61 Å². The number of sulfonamides is 1. The molecule has 0 unspecified atom stereocenters. The Morgan fingerprint density at radius 3 is 2.43 bits per heavy atom. The Hall–Kier alpha value is -2.08. The Balaban J connectivity index is 2.36. The predicted molar refractivity (Wildman–Crippen MR) is 79.6 cm³/mol. The summed E-state index contributed by atoms with van der Waals surface area (Å²) in [5.41, 5.74) is 1.03. The van der Waals surface area contributed by atoms with Crippen LogP contribution in [0.25, 0.3) is 0 Å². The molecule has 2 aromatic rings. The monoisotopic (exact) mass is 309 g/mol. The van der Waals surface area contributed by atoms with Crippen molar-refractivity contribution in [2.24, 2.45) is 0 Å². The van der Waals surface area contributed by atoms with Gasteiger partial charge >= 0.3 is 0 Å². The third kappa shape index (κ3) is 3.72. The number of halogens is 1. The highest BCUT2D eigenvalue weighted by Crippen LogP contribution is 2.28. The molecule has 0 amide bonds. The van der Waals surface area contributed by atoms with Crippen LogP contribution in [-0.4, -0.2) is 15.0 Å². The largest absolute Gasteiger partial charge is 0.492 e. The van der Waals surface area contributed by atoms with Crippen LogP contribution in [-0.2, 0) is 10.0 Å². The summed E-state index contributed by atoms with van der Waals surface area (Å²) >= 11 is 0. The van der Waals surface area contributed by atoms with E-state index >= 15 is 0 Å². The molecule has 0 atom stereocenters. The summed E-state index contributed by atoms with van der Waals surface area (Å²) in [6.45, 7) is 3.98. The molecule has 6 heteroatoms. The van der Waals surface area contributed by atoms with Gasteiger partial charge in [-0.3, -0.25) is 4.72 Å². The van der Waals surface area contributed by atoms with Gasteiger partial charge in [-0.1, -0.05) is 17.7 Å². The number of aryl methyl sites for hydroxylation is 1. The van der Waals surface area contributed by atoms with Gasteiger partial charge in [0, 0.05) is 6.07 Å². The molecule has 4 nitrogen and oxygen atoms in total. The lowest BCUT2D eigenvalue weighted by Crippen LogP contribution is -2.14. The second-order valence-electron chi connectivity index (χ2n) is 4.49. The van der Waals surface area contributed by atoms with E-state index in [4.69, 9.17) is 4.74 Å². The third-order valence-corrected chi connectivity index (χ3v) is 4.20. The maximum Gasteiger partial charge on any atom is 0.262 e. The Labute approximate surface area is 123 Å². The van der Waals surface area contributed by atoms with Crippen LogP contribution >= 0.6 is 0 Å². The number of rotatable bonds is 5. The number of benzene rings is 2. The van der Waals surface area contributed by atoms with Gasteiger partial charge in [0.25, 0.3) is 10.0 Å². The molecular weight excluding hydrogens is 293 g/mol. The minimum absolute atomic E-state index is 0.0809. The summed E-state index contributed by atoms with van der Waals surface area (Å²) in [5.74, 6) is -0.255. The molecule has 2 aromatic carbocycles. The Morgan fingerprint density at radius 1 is 1.14 bits per heavy atom. The van der Waals surface area contributed by atoms with Crippen molar-refractivity contribution in [1.29, 1.82) is 0 Å². The SMILES string of the molecule is CCOc1ccc(F)cc1NS(=O)(=O)c1ccc(C)cc1. The lowest BCUT2D eigenvalue weighted by Gasteiger charge is -2.13. The summed E-state index contributed by atoms with van der Waals surface area (Å²) < 4.78 is 45.6. The first-order chi connectivity index (χ1) is 9.92. The van der Waals surface area contributed by atoms with Gasteiger partial charge in [0.2, 0.25) is 0 Å². The maximum atomic E-state index is 13.3. The summed E-state index contributed by atoms with van der Waals surface area (Å²) in [6.07, 6.45) is 0. The summed E-state index contributed by atoms with van der Waals surface area (Å²) in [5, 5.41) is 0. The zero-order chi connectivity index (χ0) is 15.5. The molecule has 0 aliphatic heterocycles. The minimum atomic E-state index is -3.78. The molecular formula is C15H16FNO3S. The first-order valence-corrected chi connectivity index (χ1v) is 7.92. The number of anilines is 1. The van der Waals surface area contributed by atoms with Gasteiger partial charge in [0.15, 0.2) is 0 Å². The van der Waals surface area contributed by atoms with E-state index in [0.717, 1.165) is 11.6 Å². The zero-order valence-electron chi connectivity index (χ0n) is 11.8. The van der Waals surface area contributed by atoms with Crippen LogP contribution < -0.4 is 9.46 Å². The highest BCUT2D eigenvalue weighted by atomic mass is 32.2. The number of hydrogen-bond acceptors (Lipinski definition) is 3. The van der Waals surface area contributed by atoms with Gasteiger partial charge in [0.05, 0.1) is 17.2 Å². The lowest BCUT2D eigenvalue weighted by atomic mass is 10.2. The second kappa shape index (κ2) is 6.13. The molecule has 0 bridgehead atoms. The summed E-state index contributed by atoms with van der Waals surface area (Å²) in [6, 6.07) is 10.1. The minimum Gasteiger partial charge on any atom is -0.492 e. The fourth-order valence-electron chi connectivity index (χ4n) is 1.78. The summed E-state index contributed by atoms with van der Waals surface area (Å²) in [4.78, 5) is 0.111. The van der Waals surface area contributed by atoms with E-state index < -0.39 is 15.8 Å². The number of ether oxygens (including phenoxy) is 1. The highest BCUT2D eigenvalue weighted by molar-refractivity contribution is 7.92. The molecule has 0 aliphatic rings. The van der Waals surface area contributed by atoms with Gasteiger partial charge in [-0.25, -0.2) is 12.8 Å². The van der Waals surface area contributed by atoms with E-state index in [1.165, 1.54) is 24.3 Å². The van der Waals surface area contributed by atoms with E-state index in [-0.39, 0.29) is 16.3 Å². The molecule has 0 heterocycles. The van der Waals surface area contributed by atoms with E-state index in [9.17, 15) is 12.8 Å². The fourth-order valence-corrected chi connectivity index (χ4v) is 2.85. The van der Waals surface area contributed by atoms with Gasteiger partial charge in [-0.15, -0.1) is 0 Å². The van der Waals surface area contributed by atoms with Crippen molar-refractivity contribution in [2.75, 3.05) is 11.3 Å². The van der Waals surface area contributed by atoms with Crippen LogP contribution in [0.4, 0.5) is 10.1 Å². The molecule has 0 saturated carbocycles. The standard InChI is InChI=1S/C15H16FNO3S/c1-3-20-15-9-6-12(16)10-14(15)17-21(18,19)13-7-4-11(2)5-8-13/h4-10,17H,3H2,1-2H3.